The van der Waals surface area contributed by atoms with Crippen LogP contribution in [-0.4, -0.2) is 39.0 Å². The van der Waals surface area contributed by atoms with Gasteiger partial charge in [0.15, 0.2) is 11.0 Å². The van der Waals surface area contributed by atoms with Crippen LogP contribution in [0.1, 0.15) is 35.1 Å². The first-order valence-corrected chi connectivity index (χ1v) is 13.5. The first-order chi connectivity index (χ1) is 15.5. The van der Waals surface area contributed by atoms with Crippen LogP contribution in [0.15, 0.2) is 28.7 Å². The van der Waals surface area contributed by atoms with Gasteiger partial charge in [0, 0.05) is 23.3 Å². The Bertz CT molecular complexity index is 1070. The number of rotatable bonds is 8. The Balaban J connectivity index is 1.27. The maximum absolute atomic E-state index is 12.2. The average Bonchev–Trinajstić information content (AvgIpc) is 3.51. The van der Waals surface area contributed by atoms with Crippen LogP contribution < -0.4 is 10.6 Å². The molecule has 0 fully saturated rings. The van der Waals surface area contributed by atoms with Crippen molar-refractivity contribution >= 4 is 46.4 Å². The fourth-order valence-corrected chi connectivity index (χ4v) is 6.45. The van der Waals surface area contributed by atoms with Gasteiger partial charge >= 0.3 is 6.03 Å². The number of urea groups is 1. The molecule has 32 heavy (non-hydrogen) atoms. The van der Waals surface area contributed by atoms with Crippen molar-refractivity contribution in [1.82, 2.24) is 25.4 Å². The van der Waals surface area contributed by atoms with Gasteiger partial charge in [0.2, 0.25) is 5.91 Å². The minimum atomic E-state index is -0.472. The maximum atomic E-state index is 12.2. The number of thioether (sulfide) groups is 1. The second kappa shape index (κ2) is 10.6. The normalized spacial score (nSPS) is 15.4. The summed E-state index contributed by atoms with van der Waals surface area (Å²) in [7, 11) is 1.92. The number of hydrogen-bond acceptors (Lipinski definition) is 7. The number of carbonyl (C=O) groups is 2. The van der Waals surface area contributed by atoms with E-state index in [9.17, 15) is 9.59 Å². The highest BCUT2D eigenvalue weighted by atomic mass is 32.2. The van der Waals surface area contributed by atoms with Crippen molar-refractivity contribution in [3.63, 3.8) is 0 Å². The van der Waals surface area contributed by atoms with Gasteiger partial charge in [0.1, 0.15) is 0 Å². The minimum Gasteiger partial charge on any atom is -0.337 e. The monoisotopic (exact) mass is 489 g/mol. The topological polar surface area (TPSA) is 88.9 Å². The van der Waals surface area contributed by atoms with Crippen LogP contribution in [0.4, 0.5) is 4.79 Å². The Labute approximate surface area is 200 Å². The molecule has 3 amide bonds. The van der Waals surface area contributed by atoms with Crippen LogP contribution in [0, 0.1) is 5.92 Å². The number of thiophene rings is 2. The van der Waals surface area contributed by atoms with Crippen molar-refractivity contribution in [2.45, 2.75) is 44.2 Å². The van der Waals surface area contributed by atoms with Crippen LogP contribution >= 0.6 is 34.4 Å². The quantitative estimate of drug-likeness (QED) is 0.461. The number of amides is 3. The molecule has 0 saturated carbocycles. The lowest BCUT2D eigenvalue weighted by Gasteiger charge is -2.19. The van der Waals surface area contributed by atoms with Gasteiger partial charge < -0.3 is 9.88 Å². The first kappa shape index (κ1) is 23.0. The number of nitrogens with one attached hydrogen (secondary N) is 2. The lowest BCUT2D eigenvalue weighted by Crippen LogP contribution is -2.41. The zero-order valence-corrected chi connectivity index (χ0v) is 20.7. The van der Waals surface area contributed by atoms with Crippen LogP contribution in [0.2, 0.25) is 0 Å². The van der Waals surface area contributed by atoms with Crippen LogP contribution in [0.5, 0.6) is 0 Å². The van der Waals surface area contributed by atoms with E-state index >= 15 is 0 Å². The van der Waals surface area contributed by atoms with E-state index < -0.39 is 6.03 Å². The summed E-state index contributed by atoms with van der Waals surface area (Å²) in [5.74, 6) is 1.35. The predicted octanol–water partition coefficient (Wildman–Crippen LogP) is 4.28. The number of nitrogens with zero attached hydrogens (tertiary/aromatic N) is 3. The summed E-state index contributed by atoms with van der Waals surface area (Å²) in [6.07, 6.45) is 5.54. The number of fused-ring (bicyclic) bond motifs is 1. The molecule has 4 rings (SSSR count). The van der Waals surface area contributed by atoms with E-state index in [-0.39, 0.29) is 11.7 Å². The number of aromatic nitrogens is 3. The summed E-state index contributed by atoms with van der Waals surface area (Å²) in [5.41, 5.74) is 1.45. The van der Waals surface area contributed by atoms with Crippen molar-refractivity contribution in [3.8, 4) is 10.7 Å². The number of carbonyl (C=O) groups excluding carboxylic acids is 2. The molecule has 1 unspecified atom stereocenters. The van der Waals surface area contributed by atoms with E-state index in [1.54, 1.807) is 22.7 Å². The molecule has 2 N–H and O–H groups in total. The molecule has 0 radical (unpaired) electrons. The van der Waals surface area contributed by atoms with Gasteiger partial charge in [-0.25, -0.2) is 4.79 Å². The summed E-state index contributed by atoms with van der Waals surface area (Å²) >= 11 is 4.73. The summed E-state index contributed by atoms with van der Waals surface area (Å²) in [6, 6.07) is 5.79. The molecule has 0 aromatic carbocycles. The van der Waals surface area contributed by atoms with E-state index in [4.69, 9.17) is 0 Å². The van der Waals surface area contributed by atoms with E-state index in [0.717, 1.165) is 35.9 Å². The molecule has 0 bridgehead atoms. The van der Waals surface area contributed by atoms with Crippen LogP contribution in [0.25, 0.3) is 10.7 Å². The Kier molecular flexibility index (Phi) is 7.64. The van der Waals surface area contributed by atoms with Crippen molar-refractivity contribution in [1.29, 1.82) is 0 Å². The highest BCUT2D eigenvalue weighted by Gasteiger charge is 2.22. The molecule has 1 atom stereocenters. The molecule has 170 valence electrons. The van der Waals surface area contributed by atoms with Crippen molar-refractivity contribution in [2.75, 3.05) is 12.3 Å². The number of imide groups is 1. The summed E-state index contributed by atoms with van der Waals surface area (Å²) in [4.78, 5) is 27.9. The Morgan fingerprint density at radius 1 is 1.34 bits per heavy atom. The molecular weight excluding hydrogens is 462 g/mol. The molecule has 1 aliphatic carbocycles. The molecule has 3 aromatic heterocycles. The highest BCUT2D eigenvalue weighted by molar-refractivity contribution is 7.99. The van der Waals surface area contributed by atoms with Gasteiger partial charge in [-0.3, -0.25) is 10.1 Å². The SMILES string of the molecule is CCC1CCc2sc(-c3nnc(SCC(=O)NC(=O)NCCc4cccs4)n3C)cc2C1. The van der Waals surface area contributed by atoms with Gasteiger partial charge in [0.25, 0.3) is 0 Å². The van der Waals surface area contributed by atoms with Crippen LogP contribution in [-0.2, 0) is 31.1 Å². The van der Waals surface area contributed by atoms with Gasteiger partial charge in [-0.2, -0.15) is 0 Å². The fourth-order valence-electron chi connectivity index (χ4n) is 3.80. The van der Waals surface area contributed by atoms with Crippen LogP contribution in [0.3, 0.4) is 0 Å². The summed E-state index contributed by atoms with van der Waals surface area (Å²) in [5, 5.41) is 16.4. The predicted molar refractivity (Wildman–Crippen MR) is 130 cm³/mol. The third-order valence-corrected chi connectivity index (χ3v) is 8.83. The standard InChI is InChI=1S/C22H27N5O2S3/c1-3-14-6-7-17-15(11-14)12-18(32-17)20-25-26-22(27(20)2)31-13-19(28)24-21(29)23-9-8-16-5-4-10-30-16/h4-5,10,12,14H,3,6-9,11,13H2,1-2H3,(H2,23,24,28,29). The van der Waals surface area contributed by atoms with Crippen molar-refractivity contribution in [2.24, 2.45) is 13.0 Å². The average molecular weight is 490 g/mol. The zero-order chi connectivity index (χ0) is 22.5. The van der Waals surface area contributed by atoms with Gasteiger partial charge in [-0.1, -0.05) is 31.2 Å². The first-order valence-electron chi connectivity index (χ1n) is 10.8. The van der Waals surface area contributed by atoms with Gasteiger partial charge in [-0.15, -0.1) is 32.9 Å². The third kappa shape index (κ3) is 5.60. The Morgan fingerprint density at radius 3 is 3.00 bits per heavy atom. The van der Waals surface area contributed by atoms with Gasteiger partial charge in [0.05, 0.1) is 10.6 Å². The smallest absolute Gasteiger partial charge is 0.321 e. The molecule has 1 aliphatic rings. The summed E-state index contributed by atoms with van der Waals surface area (Å²) in [6.45, 7) is 2.75. The van der Waals surface area contributed by atoms with Crippen molar-refractivity contribution in [3.05, 3.63) is 38.9 Å². The summed E-state index contributed by atoms with van der Waals surface area (Å²) < 4.78 is 1.92. The minimum absolute atomic E-state index is 0.101. The van der Waals surface area contributed by atoms with E-state index in [1.165, 1.54) is 39.9 Å². The molecule has 3 aromatic rings. The lowest BCUT2D eigenvalue weighted by atomic mass is 9.87. The number of hydrogen-bond donors (Lipinski definition) is 2. The maximum Gasteiger partial charge on any atom is 0.321 e. The molecule has 0 aliphatic heterocycles. The van der Waals surface area contributed by atoms with E-state index in [0.29, 0.717) is 11.7 Å². The van der Waals surface area contributed by atoms with Gasteiger partial charge in [-0.05, 0) is 54.7 Å². The molecular formula is C22H27N5O2S3. The third-order valence-electron chi connectivity index (χ3n) is 5.64. The van der Waals surface area contributed by atoms with E-state index in [1.807, 2.05) is 29.1 Å². The Morgan fingerprint density at radius 2 is 2.22 bits per heavy atom. The zero-order valence-electron chi connectivity index (χ0n) is 18.2. The second-order valence-corrected chi connectivity index (χ2v) is 11.0. The number of aryl methyl sites for hydroxylation is 1. The van der Waals surface area contributed by atoms with E-state index in [2.05, 4.69) is 33.8 Å². The molecule has 0 spiro atoms. The molecule has 0 saturated heterocycles. The molecule has 7 nitrogen and oxygen atoms in total. The molecule has 10 heteroatoms. The lowest BCUT2D eigenvalue weighted by molar-refractivity contribution is -0.117. The Hall–Kier alpha value is -2.17. The fraction of sp³-hybridized carbons (Fsp3) is 0.455. The molecule has 3 heterocycles. The second-order valence-electron chi connectivity index (χ2n) is 7.86. The highest BCUT2D eigenvalue weighted by Crippen LogP contribution is 2.37. The largest absolute Gasteiger partial charge is 0.337 e. The van der Waals surface area contributed by atoms with Crippen molar-refractivity contribution < 1.29 is 9.59 Å².